The van der Waals surface area contributed by atoms with Crippen molar-refractivity contribution in [3.8, 4) is 0 Å². The second-order valence-electron chi connectivity index (χ2n) is 8.07. The van der Waals surface area contributed by atoms with Crippen molar-refractivity contribution >= 4 is 35.0 Å². The van der Waals surface area contributed by atoms with Crippen LogP contribution in [0.15, 0.2) is 91.0 Å². The molecule has 3 aromatic carbocycles. The van der Waals surface area contributed by atoms with Gasteiger partial charge >= 0.3 is 196 Å². The summed E-state index contributed by atoms with van der Waals surface area (Å²) in [5.41, 5.74) is 5.21. The van der Waals surface area contributed by atoms with E-state index in [2.05, 4.69) is 96.3 Å². The first kappa shape index (κ1) is 24.6. The van der Waals surface area contributed by atoms with Crippen LogP contribution in [0.4, 0.5) is 0 Å². The van der Waals surface area contributed by atoms with Gasteiger partial charge in [-0.15, -0.1) is 0 Å². The van der Waals surface area contributed by atoms with Gasteiger partial charge in [0.15, 0.2) is 0 Å². The topological polar surface area (TPSA) is 91.4 Å². The second kappa shape index (κ2) is 12.3. The Hall–Kier alpha value is -3.05. The number of nitrogens with two attached hydrogens (primary N) is 1. The van der Waals surface area contributed by atoms with Crippen LogP contribution < -0.4 is 27.0 Å². The van der Waals surface area contributed by atoms with Gasteiger partial charge in [0.05, 0.1) is 0 Å². The van der Waals surface area contributed by atoms with Gasteiger partial charge in [-0.05, 0) is 0 Å². The molecule has 3 rings (SSSR count). The first-order chi connectivity index (χ1) is 16.0. The van der Waals surface area contributed by atoms with Gasteiger partial charge in [-0.1, -0.05) is 0 Å². The quantitative estimate of drug-likeness (QED) is 0.174. The Labute approximate surface area is 196 Å². The predicted molar refractivity (Wildman–Crippen MR) is 140 cm³/mol. The molecule has 6 nitrogen and oxygen atoms in total. The van der Waals surface area contributed by atoms with Crippen molar-refractivity contribution in [2.75, 3.05) is 39.5 Å². The zero-order valence-electron chi connectivity index (χ0n) is 19.0. The fourth-order valence-corrected chi connectivity index (χ4v) is 8.76. The van der Waals surface area contributed by atoms with E-state index < -0.39 is 7.26 Å². The van der Waals surface area contributed by atoms with E-state index in [0.717, 1.165) is 6.16 Å². The second-order valence-corrected chi connectivity index (χ2v) is 12.1. The van der Waals surface area contributed by atoms with Crippen molar-refractivity contribution < 1.29 is 9.53 Å². The zero-order chi connectivity index (χ0) is 23.5. The number of amides is 1. The number of rotatable bonds is 11. The number of carbonyl (C=O) groups excluding carboxylic acids is 1. The summed E-state index contributed by atoms with van der Waals surface area (Å²) in [5, 5.41) is 13.5. The van der Waals surface area contributed by atoms with E-state index in [1.165, 1.54) is 15.9 Å². The summed E-state index contributed by atoms with van der Waals surface area (Å²) < 4.78 is 6.08. The molecule has 0 spiro atoms. The van der Waals surface area contributed by atoms with Crippen LogP contribution in [0, 0.1) is 5.41 Å². The standard InChI is InChI=1S/C26H33N4O2P/c1-30(21-25(31)29-26(27)28)17-18-32-19-20-33(22-11-5-2-6-12-22,23-13-7-3-8-14-23)24-15-9-4-10-16-24/h2-16,33H,17-21H2,1H3,(H4,27,28,29,31). The Kier molecular flexibility index (Phi) is 9.14. The number of hydrogen-bond donors (Lipinski definition) is 3. The molecule has 1 amide bonds. The van der Waals surface area contributed by atoms with Crippen molar-refractivity contribution in [3.05, 3.63) is 91.0 Å². The van der Waals surface area contributed by atoms with Crippen molar-refractivity contribution in [1.82, 2.24) is 10.2 Å². The van der Waals surface area contributed by atoms with Crippen LogP contribution >= 0.6 is 7.26 Å². The molecule has 4 N–H and O–H groups in total. The van der Waals surface area contributed by atoms with Crippen molar-refractivity contribution in [2.24, 2.45) is 5.73 Å². The Balaban J connectivity index is 1.74. The van der Waals surface area contributed by atoms with Gasteiger partial charge in [0, 0.05) is 0 Å². The fraction of sp³-hybridized carbons (Fsp3) is 0.231. The molecule has 0 atom stereocenters. The molecule has 0 aliphatic carbocycles. The molecule has 0 saturated heterocycles. The maximum absolute atomic E-state index is 11.7. The number of carbonyl (C=O) groups is 1. The number of ether oxygens (including phenoxy) is 1. The van der Waals surface area contributed by atoms with E-state index in [4.69, 9.17) is 15.9 Å². The normalized spacial score (nSPS) is 11.8. The van der Waals surface area contributed by atoms with Crippen LogP contribution in [-0.4, -0.2) is 56.3 Å². The van der Waals surface area contributed by atoms with Crippen LogP contribution in [-0.2, 0) is 9.53 Å². The summed E-state index contributed by atoms with van der Waals surface area (Å²) in [4.78, 5) is 13.6. The zero-order valence-corrected chi connectivity index (χ0v) is 20.0. The molecule has 7 heteroatoms. The van der Waals surface area contributed by atoms with Crippen LogP contribution in [0.3, 0.4) is 0 Å². The third-order valence-electron chi connectivity index (χ3n) is 5.73. The molecule has 0 aliphatic heterocycles. The van der Waals surface area contributed by atoms with Gasteiger partial charge < -0.3 is 0 Å². The average molecular weight is 465 g/mol. The van der Waals surface area contributed by atoms with Crippen molar-refractivity contribution in [3.63, 3.8) is 0 Å². The van der Waals surface area contributed by atoms with Crippen LogP contribution in [0.25, 0.3) is 0 Å². The van der Waals surface area contributed by atoms with E-state index in [1.54, 1.807) is 0 Å². The van der Waals surface area contributed by atoms with Gasteiger partial charge in [0.1, 0.15) is 0 Å². The van der Waals surface area contributed by atoms with E-state index in [9.17, 15) is 4.79 Å². The first-order valence-corrected chi connectivity index (χ1v) is 13.3. The van der Waals surface area contributed by atoms with Crippen molar-refractivity contribution in [1.29, 1.82) is 5.41 Å². The van der Waals surface area contributed by atoms with Gasteiger partial charge in [-0.25, -0.2) is 0 Å². The number of guanidine groups is 1. The summed E-state index contributed by atoms with van der Waals surface area (Å²) in [6.45, 7) is 1.92. The van der Waals surface area contributed by atoms with Crippen molar-refractivity contribution in [2.45, 2.75) is 0 Å². The third-order valence-corrected chi connectivity index (χ3v) is 10.6. The van der Waals surface area contributed by atoms with Gasteiger partial charge in [0.2, 0.25) is 0 Å². The van der Waals surface area contributed by atoms with Gasteiger partial charge in [-0.2, -0.15) is 0 Å². The minimum atomic E-state index is -2.29. The Morgan fingerprint density at radius 1 is 0.879 bits per heavy atom. The Bertz CT molecular complexity index is 920. The number of nitrogens with zero attached hydrogens (tertiary/aromatic N) is 1. The first-order valence-electron chi connectivity index (χ1n) is 11.1. The molecular weight excluding hydrogens is 431 g/mol. The molecule has 0 aliphatic rings. The molecule has 0 heterocycles. The van der Waals surface area contributed by atoms with Crippen LogP contribution in [0.1, 0.15) is 0 Å². The maximum atomic E-state index is 11.7. The minimum absolute atomic E-state index is 0.166. The summed E-state index contributed by atoms with van der Waals surface area (Å²) in [6, 6.07) is 32.3. The Morgan fingerprint density at radius 3 is 1.76 bits per heavy atom. The molecule has 0 bridgehead atoms. The number of hydrogen-bond acceptors (Lipinski definition) is 4. The molecule has 0 fully saturated rings. The van der Waals surface area contributed by atoms with Gasteiger partial charge in [0.25, 0.3) is 0 Å². The molecule has 0 saturated carbocycles. The summed E-state index contributed by atoms with van der Waals surface area (Å²) in [7, 11) is -0.439. The monoisotopic (exact) mass is 464 g/mol. The molecular formula is C26H33N4O2P. The van der Waals surface area contributed by atoms with E-state index >= 15 is 0 Å². The van der Waals surface area contributed by atoms with E-state index in [0.29, 0.717) is 19.8 Å². The molecule has 0 aromatic heterocycles. The third kappa shape index (κ3) is 6.72. The summed E-state index contributed by atoms with van der Waals surface area (Å²) in [5.74, 6) is -0.637. The van der Waals surface area contributed by atoms with E-state index in [-0.39, 0.29) is 18.4 Å². The average Bonchev–Trinajstić information content (AvgIpc) is 2.82. The number of nitrogens with one attached hydrogen (secondary N) is 2. The SMILES string of the molecule is CN(CCOCC[PH](c1ccccc1)(c1ccccc1)c1ccccc1)CC(=O)NC(=N)N. The number of likely N-dealkylation sites (N-methyl/N-ethyl adjacent to an activating group) is 1. The summed E-state index contributed by atoms with van der Waals surface area (Å²) in [6.07, 6.45) is 0.916. The summed E-state index contributed by atoms with van der Waals surface area (Å²) >= 11 is 0. The molecule has 33 heavy (non-hydrogen) atoms. The molecule has 174 valence electrons. The molecule has 0 radical (unpaired) electrons. The van der Waals surface area contributed by atoms with Gasteiger partial charge in [-0.3, -0.25) is 0 Å². The Morgan fingerprint density at radius 2 is 1.33 bits per heavy atom. The number of benzene rings is 3. The fourth-order valence-electron chi connectivity index (χ4n) is 4.16. The molecule has 3 aromatic rings. The predicted octanol–water partition coefficient (Wildman–Crippen LogP) is 1.67. The van der Waals surface area contributed by atoms with E-state index in [1.807, 2.05) is 11.9 Å². The van der Waals surface area contributed by atoms with Crippen LogP contribution in [0.5, 0.6) is 0 Å². The molecule has 0 unspecified atom stereocenters. The van der Waals surface area contributed by atoms with Crippen LogP contribution in [0.2, 0.25) is 0 Å².